The van der Waals surface area contributed by atoms with Gasteiger partial charge in [0.15, 0.2) is 0 Å². The van der Waals surface area contributed by atoms with E-state index in [2.05, 4.69) is 31.6 Å². The molecule has 120 valence electrons. The van der Waals surface area contributed by atoms with Crippen molar-refractivity contribution < 1.29 is 4.74 Å². The van der Waals surface area contributed by atoms with Crippen molar-refractivity contribution in [3.8, 4) is 0 Å². The van der Waals surface area contributed by atoms with Gasteiger partial charge in [-0.2, -0.15) is 0 Å². The number of methoxy groups -OCH3 is 1. The zero-order chi connectivity index (χ0) is 15.4. The molecule has 0 spiro atoms. The highest BCUT2D eigenvalue weighted by Gasteiger charge is 2.22. The predicted molar refractivity (Wildman–Crippen MR) is 91.7 cm³/mol. The smallest absolute Gasteiger partial charge is 0.138 e. The summed E-state index contributed by atoms with van der Waals surface area (Å²) in [6.45, 7) is 7.32. The first-order valence-electron chi connectivity index (χ1n) is 7.93. The zero-order valence-corrected chi connectivity index (χ0v) is 14.2. The normalized spacial score (nSPS) is 19.1. The summed E-state index contributed by atoms with van der Waals surface area (Å²) in [6.07, 6.45) is 2.38. The highest BCUT2D eigenvalue weighted by atomic mass is 32.1. The lowest BCUT2D eigenvalue weighted by atomic mass is 10.1. The van der Waals surface area contributed by atoms with Crippen molar-refractivity contribution >= 4 is 27.4 Å². The summed E-state index contributed by atoms with van der Waals surface area (Å²) < 4.78 is 5.13. The van der Waals surface area contributed by atoms with Gasteiger partial charge in [0.25, 0.3) is 0 Å². The van der Waals surface area contributed by atoms with E-state index in [1.807, 2.05) is 6.92 Å². The van der Waals surface area contributed by atoms with E-state index >= 15 is 0 Å². The van der Waals surface area contributed by atoms with Crippen molar-refractivity contribution in [2.45, 2.75) is 19.8 Å². The predicted octanol–water partition coefficient (Wildman–Crippen LogP) is 2.77. The van der Waals surface area contributed by atoms with Gasteiger partial charge >= 0.3 is 0 Å². The van der Waals surface area contributed by atoms with Gasteiger partial charge < -0.3 is 15.0 Å². The maximum atomic E-state index is 5.13. The summed E-state index contributed by atoms with van der Waals surface area (Å²) in [6, 6.07) is 2.10. The van der Waals surface area contributed by atoms with Crippen LogP contribution < -0.4 is 5.32 Å². The van der Waals surface area contributed by atoms with E-state index in [1.165, 1.54) is 19.5 Å². The third-order valence-electron chi connectivity index (χ3n) is 4.19. The molecule has 1 saturated heterocycles. The number of rotatable bonds is 7. The van der Waals surface area contributed by atoms with E-state index in [0.717, 1.165) is 48.0 Å². The molecular formula is C16H24N4OS. The topological polar surface area (TPSA) is 50.3 Å². The number of anilines is 1. The summed E-state index contributed by atoms with van der Waals surface area (Å²) in [7, 11) is 1.77. The second kappa shape index (κ2) is 7.35. The number of thiophene rings is 1. The molecule has 0 radical (unpaired) electrons. The molecule has 0 bridgehead atoms. The van der Waals surface area contributed by atoms with Crippen LogP contribution in [0, 0.1) is 12.8 Å². The highest BCUT2D eigenvalue weighted by molar-refractivity contribution is 7.16. The van der Waals surface area contributed by atoms with Crippen LogP contribution in [0.4, 0.5) is 5.82 Å². The van der Waals surface area contributed by atoms with Gasteiger partial charge in [-0.05, 0) is 43.7 Å². The first-order valence-corrected chi connectivity index (χ1v) is 8.81. The standard InChI is InChI=1S/C16H24N4OS/c1-12-18-15(14-5-9-22-16(14)19-12)17-10-13-4-7-20(11-13)6-3-8-21-2/h5,9,13H,3-4,6-8,10-11H2,1-2H3,(H,17,18,19)/t13-/m1/s1. The number of ether oxygens (including phenoxy) is 1. The molecule has 1 N–H and O–H groups in total. The average molecular weight is 320 g/mol. The third kappa shape index (κ3) is 3.74. The lowest BCUT2D eigenvalue weighted by Gasteiger charge is -2.16. The number of aryl methyl sites for hydroxylation is 1. The van der Waals surface area contributed by atoms with E-state index < -0.39 is 0 Å². The summed E-state index contributed by atoms with van der Waals surface area (Å²) in [5, 5.41) is 6.77. The zero-order valence-electron chi connectivity index (χ0n) is 13.3. The van der Waals surface area contributed by atoms with Crippen molar-refractivity contribution in [3.63, 3.8) is 0 Å². The Morgan fingerprint density at radius 3 is 3.23 bits per heavy atom. The molecule has 0 aromatic carbocycles. The van der Waals surface area contributed by atoms with Gasteiger partial charge in [0.1, 0.15) is 16.5 Å². The number of nitrogens with zero attached hydrogens (tertiary/aromatic N) is 3. The fraction of sp³-hybridized carbons (Fsp3) is 0.625. The van der Waals surface area contributed by atoms with Crippen molar-refractivity contribution in [2.24, 2.45) is 5.92 Å². The lowest BCUT2D eigenvalue weighted by molar-refractivity contribution is 0.178. The second-order valence-corrected chi connectivity index (χ2v) is 6.84. The maximum absolute atomic E-state index is 5.13. The molecular weight excluding hydrogens is 296 g/mol. The molecule has 3 rings (SSSR count). The van der Waals surface area contributed by atoms with Gasteiger partial charge in [0.2, 0.25) is 0 Å². The van der Waals surface area contributed by atoms with Gasteiger partial charge in [-0.25, -0.2) is 9.97 Å². The van der Waals surface area contributed by atoms with Gasteiger partial charge in [-0.3, -0.25) is 0 Å². The van der Waals surface area contributed by atoms with E-state index in [0.29, 0.717) is 5.92 Å². The third-order valence-corrected chi connectivity index (χ3v) is 4.99. The van der Waals surface area contributed by atoms with Crippen molar-refractivity contribution in [1.29, 1.82) is 0 Å². The van der Waals surface area contributed by atoms with Gasteiger partial charge in [0, 0.05) is 33.4 Å². The fourth-order valence-corrected chi connectivity index (χ4v) is 3.86. The summed E-state index contributed by atoms with van der Waals surface area (Å²) in [5.41, 5.74) is 0. The Balaban J connectivity index is 1.53. The van der Waals surface area contributed by atoms with Crippen LogP contribution in [0.3, 0.4) is 0 Å². The molecule has 1 aliphatic heterocycles. The van der Waals surface area contributed by atoms with Crippen LogP contribution in [-0.2, 0) is 4.74 Å². The number of likely N-dealkylation sites (tertiary alicyclic amines) is 1. The van der Waals surface area contributed by atoms with Crippen LogP contribution in [-0.4, -0.2) is 54.8 Å². The Hall–Kier alpha value is -1.24. The summed E-state index contributed by atoms with van der Waals surface area (Å²) in [4.78, 5) is 12.7. The Morgan fingerprint density at radius 2 is 2.36 bits per heavy atom. The molecule has 3 heterocycles. The van der Waals surface area contributed by atoms with Crippen molar-refractivity contribution in [3.05, 3.63) is 17.3 Å². The largest absolute Gasteiger partial charge is 0.385 e. The van der Waals surface area contributed by atoms with Crippen LogP contribution in [0.2, 0.25) is 0 Å². The molecule has 2 aromatic rings. The summed E-state index contributed by atoms with van der Waals surface area (Å²) >= 11 is 1.67. The SMILES string of the molecule is COCCCN1CC[C@H](CNc2nc(C)nc3sccc23)C1. The molecule has 5 nitrogen and oxygen atoms in total. The molecule has 0 unspecified atom stereocenters. The van der Waals surface area contributed by atoms with Crippen molar-refractivity contribution in [1.82, 2.24) is 14.9 Å². The Morgan fingerprint density at radius 1 is 1.45 bits per heavy atom. The van der Waals surface area contributed by atoms with Gasteiger partial charge in [0.05, 0.1) is 5.39 Å². The molecule has 6 heteroatoms. The summed E-state index contributed by atoms with van der Waals surface area (Å²) in [5.74, 6) is 2.53. The average Bonchev–Trinajstić information content (AvgIpc) is 3.14. The van der Waals surface area contributed by atoms with E-state index in [-0.39, 0.29) is 0 Å². The van der Waals surface area contributed by atoms with Crippen LogP contribution in [0.5, 0.6) is 0 Å². The van der Waals surface area contributed by atoms with E-state index in [9.17, 15) is 0 Å². The van der Waals surface area contributed by atoms with Crippen LogP contribution in [0.15, 0.2) is 11.4 Å². The Bertz CT molecular complexity index is 615. The molecule has 0 amide bonds. The fourth-order valence-electron chi connectivity index (χ4n) is 3.05. The van der Waals surface area contributed by atoms with Crippen LogP contribution in [0.25, 0.3) is 10.2 Å². The van der Waals surface area contributed by atoms with Gasteiger partial charge in [-0.1, -0.05) is 0 Å². The quantitative estimate of drug-likeness (QED) is 0.795. The monoisotopic (exact) mass is 320 g/mol. The Labute approximate surface area is 135 Å². The molecule has 0 saturated carbocycles. The number of nitrogens with one attached hydrogen (secondary N) is 1. The minimum Gasteiger partial charge on any atom is -0.385 e. The minimum atomic E-state index is 0.700. The first-order chi connectivity index (χ1) is 10.8. The maximum Gasteiger partial charge on any atom is 0.138 e. The second-order valence-electron chi connectivity index (χ2n) is 5.94. The first kappa shape index (κ1) is 15.6. The minimum absolute atomic E-state index is 0.700. The van der Waals surface area contributed by atoms with E-state index in [4.69, 9.17) is 4.74 Å². The van der Waals surface area contributed by atoms with E-state index in [1.54, 1.807) is 18.4 Å². The number of aromatic nitrogens is 2. The van der Waals surface area contributed by atoms with Crippen molar-refractivity contribution in [2.75, 3.05) is 45.2 Å². The van der Waals surface area contributed by atoms with Crippen LogP contribution in [0.1, 0.15) is 18.7 Å². The molecule has 2 aromatic heterocycles. The number of fused-ring (bicyclic) bond motifs is 1. The molecule has 1 aliphatic rings. The Kier molecular flexibility index (Phi) is 5.23. The lowest BCUT2D eigenvalue weighted by Crippen LogP contribution is -2.24. The van der Waals surface area contributed by atoms with Gasteiger partial charge in [-0.15, -0.1) is 11.3 Å². The molecule has 1 fully saturated rings. The molecule has 1 atom stereocenters. The highest BCUT2D eigenvalue weighted by Crippen LogP contribution is 2.25. The molecule has 22 heavy (non-hydrogen) atoms. The van der Waals surface area contributed by atoms with Crippen LogP contribution >= 0.6 is 11.3 Å². The molecule has 0 aliphatic carbocycles. The number of hydrogen-bond acceptors (Lipinski definition) is 6. The number of hydrogen-bond donors (Lipinski definition) is 1.